The zero-order chi connectivity index (χ0) is 15.7. The predicted molar refractivity (Wildman–Crippen MR) is 77.7 cm³/mol. The molecule has 0 aliphatic rings. The van der Waals surface area contributed by atoms with Gasteiger partial charge >= 0.3 is 5.97 Å². The Labute approximate surface area is 123 Å². The van der Waals surface area contributed by atoms with Gasteiger partial charge in [-0.05, 0) is 24.1 Å². The van der Waals surface area contributed by atoms with Crippen molar-refractivity contribution in [2.75, 3.05) is 20.3 Å². The fraction of sp³-hybridized carbons (Fsp3) is 0.333. The van der Waals surface area contributed by atoms with Gasteiger partial charge in [0.25, 0.3) is 5.91 Å². The van der Waals surface area contributed by atoms with E-state index in [2.05, 4.69) is 11.9 Å². The molecule has 0 fully saturated rings. The van der Waals surface area contributed by atoms with Gasteiger partial charge in [-0.15, -0.1) is 6.58 Å². The highest BCUT2D eigenvalue weighted by Gasteiger charge is 2.08. The van der Waals surface area contributed by atoms with Crippen molar-refractivity contribution in [3.63, 3.8) is 0 Å². The van der Waals surface area contributed by atoms with Crippen LogP contribution in [0.15, 0.2) is 30.9 Å². The summed E-state index contributed by atoms with van der Waals surface area (Å²) in [6, 6.07) is 5.41. The molecule has 0 bridgehead atoms. The number of benzene rings is 1. The summed E-state index contributed by atoms with van der Waals surface area (Å²) in [6.45, 7) is 3.55. The van der Waals surface area contributed by atoms with Gasteiger partial charge in [0.2, 0.25) is 0 Å². The Morgan fingerprint density at radius 1 is 1.38 bits per heavy atom. The molecule has 1 amide bonds. The third-order valence-electron chi connectivity index (χ3n) is 2.63. The molecule has 0 radical (unpaired) electrons. The van der Waals surface area contributed by atoms with Gasteiger partial charge < -0.3 is 19.9 Å². The molecule has 0 aliphatic carbocycles. The highest BCUT2D eigenvalue weighted by atomic mass is 16.5. The normalized spacial score (nSPS) is 9.76. The van der Waals surface area contributed by atoms with Crippen LogP contribution >= 0.6 is 0 Å². The number of carbonyl (C=O) groups excluding carboxylic acids is 1. The van der Waals surface area contributed by atoms with Crippen molar-refractivity contribution in [1.29, 1.82) is 0 Å². The van der Waals surface area contributed by atoms with Crippen LogP contribution in [0.2, 0.25) is 0 Å². The first-order valence-corrected chi connectivity index (χ1v) is 6.46. The Kier molecular flexibility index (Phi) is 6.80. The van der Waals surface area contributed by atoms with Crippen molar-refractivity contribution in [3.05, 3.63) is 36.4 Å². The fourth-order valence-corrected chi connectivity index (χ4v) is 1.63. The Hall–Kier alpha value is -2.50. The van der Waals surface area contributed by atoms with Crippen LogP contribution in [-0.2, 0) is 16.0 Å². The van der Waals surface area contributed by atoms with E-state index >= 15 is 0 Å². The molecule has 0 aromatic heterocycles. The number of ether oxygens (including phenoxy) is 2. The molecule has 21 heavy (non-hydrogen) atoms. The van der Waals surface area contributed by atoms with Gasteiger partial charge in [-0.2, -0.15) is 0 Å². The van der Waals surface area contributed by atoms with Crippen LogP contribution in [0, 0.1) is 0 Å². The van der Waals surface area contributed by atoms with Gasteiger partial charge in [0.1, 0.15) is 0 Å². The second-order valence-electron chi connectivity index (χ2n) is 4.26. The molecule has 0 atom stereocenters. The van der Waals surface area contributed by atoms with E-state index in [1.54, 1.807) is 12.1 Å². The quantitative estimate of drug-likeness (QED) is 0.672. The summed E-state index contributed by atoms with van der Waals surface area (Å²) in [6.07, 6.45) is 2.38. The minimum absolute atomic E-state index is 0.0763. The van der Waals surface area contributed by atoms with Crippen molar-refractivity contribution in [2.24, 2.45) is 0 Å². The van der Waals surface area contributed by atoms with E-state index in [0.717, 1.165) is 5.56 Å². The van der Waals surface area contributed by atoms with Crippen LogP contribution in [0.5, 0.6) is 11.5 Å². The van der Waals surface area contributed by atoms with Crippen LogP contribution in [0.25, 0.3) is 0 Å². The van der Waals surface area contributed by atoms with Gasteiger partial charge in [-0.1, -0.05) is 12.1 Å². The maximum atomic E-state index is 11.5. The van der Waals surface area contributed by atoms with E-state index in [0.29, 0.717) is 17.9 Å². The topological polar surface area (TPSA) is 84.9 Å². The number of hydrogen-bond donors (Lipinski definition) is 2. The zero-order valence-electron chi connectivity index (χ0n) is 11.9. The molecule has 0 saturated carbocycles. The molecule has 0 unspecified atom stereocenters. The third-order valence-corrected chi connectivity index (χ3v) is 2.63. The SMILES string of the molecule is C=CCc1ccc(OCC(=O)NCCC(=O)O)c(OC)c1. The number of aliphatic carboxylic acids is 1. The molecule has 114 valence electrons. The van der Waals surface area contributed by atoms with Crippen LogP contribution in [0.1, 0.15) is 12.0 Å². The Morgan fingerprint density at radius 2 is 2.14 bits per heavy atom. The Morgan fingerprint density at radius 3 is 2.76 bits per heavy atom. The van der Waals surface area contributed by atoms with Crippen molar-refractivity contribution in [1.82, 2.24) is 5.32 Å². The smallest absolute Gasteiger partial charge is 0.305 e. The lowest BCUT2D eigenvalue weighted by Gasteiger charge is -2.11. The molecule has 1 rings (SSSR count). The monoisotopic (exact) mass is 293 g/mol. The van der Waals surface area contributed by atoms with Gasteiger partial charge in [-0.25, -0.2) is 0 Å². The fourth-order valence-electron chi connectivity index (χ4n) is 1.63. The highest BCUT2D eigenvalue weighted by Crippen LogP contribution is 2.28. The Balaban J connectivity index is 2.52. The summed E-state index contributed by atoms with van der Waals surface area (Å²) in [5.74, 6) is -0.351. The molecule has 0 spiro atoms. The zero-order valence-corrected chi connectivity index (χ0v) is 11.9. The summed E-state index contributed by atoms with van der Waals surface area (Å²) in [4.78, 5) is 21.8. The molecule has 6 nitrogen and oxygen atoms in total. The number of allylic oxidation sites excluding steroid dienone is 1. The molecule has 6 heteroatoms. The number of nitrogens with one attached hydrogen (secondary N) is 1. The summed E-state index contributed by atoms with van der Waals surface area (Å²) >= 11 is 0. The lowest BCUT2D eigenvalue weighted by Crippen LogP contribution is -2.30. The molecule has 2 N–H and O–H groups in total. The summed E-state index contributed by atoms with van der Waals surface area (Å²) in [5, 5.41) is 10.9. The average Bonchev–Trinajstić information content (AvgIpc) is 2.45. The van der Waals surface area contributed by atoms with E-state index in [1.165, 1.54) is 7.11 Å². The number of rotatable bonds is 9. The van der Waals surface area contributed by atoms with Gasteiger partial charge in [0.15, 0.2) is 18.1 Å². The minimum Gasteiger partial charge on any atom is -0.493 e. The van der Waals surface area contributed by atoms with Crippen LogP contribution in [0.4, 0.5) is 0 Å². The first kappa shape index (κ1) is 16.6. The molecular weight excluding hydrogens is 274 g/mol. The third kappa shape index (κ3) is 5.99. The van der Waals surface area contributed by atoms with Crippen molar-refractivity contribution < 1.29 is 24.2 Å². The standard InChI is InChI=1S/C15H19NO5/c1-3-4-11-5-6-12(13(9-11)20-2)21-10-14(17)16-8-7-15(18)19/h3,5-6,9H,1,4,7-8,10H2,2H3,(H,16,17)(H,18,19). The maximum absolute atomic E-state index is 11.5. The van der Waals surface area contributed by atoms with Crippen molar-refractivity contribution >= 4 is 11.9 Å². The van der Waals surface area contributed by atoms with Gasteiger partial charge in [0.05, 0.1) is 13.5 Å². The van der Waals surface area contributed by atoms with E-state index in [4.69, 9.17) is 14.6 Å². The van der Waals surface area contributed by atoms with Gasteiger partial charge in [-0.3, -0.25) is 9.59 Å². The Bertz CT molecular complexity index is 513. The summed E-state index contributed by atoms with van der Waals surface area (Å²) in [5.41, 5.74) is 1.03. The molecular formula is C15H19NO5. The number of amides is 1. The van der Waals surface area contributed by atoms with Crippen LogP contribution in [0.3, 0.4) is 0 Å². The van der Waals surface area contributed by atoms with Crippen LogP contribution in [-0.4, -0.2) is 37.2 Å². The van der Waals surface area contributed by atoms with Crippen molar-refractivity contribution in [2.45, 2.75) is 12.8 Å². The van der Waals surface area contributed by atoms with E-state index in [9.17, 15) is 9.59 Å². The summed E-state index contributed by atoms with van der Waals surface area (Å²) in [7, 11) is 1.52. The number of carboxylic acids is 1. The number of methoxy groups -OCH3 is 1. The first-order valence-electron chi connectivity index (χ1n) is 6.46. The van der Waals surface area contributed by atoms with Crippen LogP contribution < -0.4 is 14.8 Å². The lowest BCUT2D eigenvalue weighted by atomic mass is 10.1. The molecule has 1 aromatic carbocycles. The minimum atomic E-state index is -0.962. The summed E-state index contributed by atoms with van der Waals surface area (Å²) < 4.78 is 10.6. The molecule has 0 saturated heterocycles. The van der Waals surface area contributed by atoms with E-state index < -0.39 is 5.97 Å². The first-order chi connectivity index (χ1) is 10.1. The molecule has 1 aromatic rings. The van der Waals surface area contributed by atoms with E-state index in [1.807, 2.05) is 12.1 Å². The predicted octanol–water partition coefficient (Wildman–Crippen LogP) is 1.39. The molecule has 0 heterocycles. The molecule has 0 aliphatic heterocycles. The second kappa shape index (κ2) is 8.63. The number of carbonyl (C=O) groups is 2. The number of hydrogen-bond acceptors (Lipinski definition) is 4. The largest absolute Gasteiger partial charge is 0.493 e. The number of carboxylic acid groups (broad SMARTS) is 1. The second-order valence-corrected chi connectivity index (χ2v) is 4.26. The highest BCUT2D eigenvalue weighted by molar-refractivity contribution is 5.78. The van der Waals surface area contributed by atoms with E-state index in [-0.39, 0.29) is 25.5 Å². The van der Waals surface area contributed by atoms with Gasteiger partial charge in [0, 0.05) is 6.54 Å². The van der Waals surface area contributed by atoms with Crippen molar-refractivity contribution in [3.8, 4) is 11.5 Å². The maximum Gasteiger partial charge on any atom is 0.305 e. The lowest BCUT2D eigenvalue weighted by molar-refractivity contribution is -0.137. The average molecular weight is 293 g/mol.